The number of aliphatic hydroxyl groups excluding tert-OH is 1. The highest BCUT2D eigenvalue weighted by Crippen LogP contribution is 2.15. The lowest BCUT2D eigenvalue weighted by Crippen LogP contribution is -2.40. The van der Waals surface area contributed by atoms with Gasteiger partial charge < -0.3 is 10.4 Å². The fourth-order valence-corrected chi connectivity index (χ4v) is 1.81. The first kappa shape index (κ1) is 12.0. The van der Waals surface area contributed by atoms with E-state index in [0.29, 0.717) is 0 Å². The summed E-state index contributed by atoms with van der Waals surface area (Å²) in [6.45, 7) is 4.14. The molecule has 0 bridgehead atoms. The van der Waals surface area contributed by atoms with Gasteiger partial charge in [0.15, 0.2) is 0 Å². The summed E-state index contributed by atoms with van der Waals surface area (Å²) in [6, 6.07) is -0.398. The molecule has 1 fully saturated rings. The molecule has 1 saturated heterocycles. The first-order valence-electron chi connectivity index (χ1n) is 5.36. The maximum atomic E-state index is 11.3. The molecule has 0 aromatic carbocycles. The number of urea groups is 1. The Labute approximate surface area is 89.4 Å². The highest BCUT2D eigenvalue weighted by molar-refractivity contribution is 6.01. The topological polar surface area (TPSA) is 69.6 Å². The van der Waals surface area contributed by atoms with Crippen molar-refractivity contribution in [1.29, 1.82) is 0 Å². The number of hydrogen-bond acceptors (Lipinski definition) is 3. The summed E-state index contributed by atoms with van der Waals surface area (Å²) in [5.74, 6) is -0.115. The van der Waals surface area contributed by atoms with Gasteiger partial charge >= 0.3 is 6.03 Å². The summed E-state index contributed by atoms with van der Waals surface area (Å²) in [6.07, 6.45) is 1.08. The van der Waals surface area contributed by atoms with Crippen LogP contribution in [0.25, 0.3) is 0 Å². The van der Waals surface area contributed by atoms with E-state index in [2.05, 4.69) is 5.32 Å². The van der Waals surface area contributed by atoms with Crippen molar-refractivity contribution in [2.45, 2.75) is 32.8 Å². The Hall–Kier alpha value is -1.10. The largest absolute Gasteiger partial charge is 0.391 e. The quantitative estimate of drug-likeness (QED) is 0.648. The molecule has 1 aliphatic rings. The minimum atomic E-state index is -0.618. The number of amides is 3. The van der Waals surface area contributed by atoms with Gasteiger partial charge in [-0.25, -0.2) is 4.79 Å². The van der Waals surface area contributed by atoms with Gasteiger partial charge in [0.05, 0.1) is 19.2 Å². The van der Waals surface area contributed by atoms with E-state index in [1.807, 2.05) is 13.8 Å². The standard InChI is InChI=1S/C10H18N2O3/c1-3-7(4-2)8(13)6-12-9(14)5-11-10(12)15/h7-8,13H,3-6H2,1-2H3,(H,11,15). The number of β-amino-alcohol motifs (C(OH)–C–C–N with tert-alkyl or cyclic N) is 1. The normalized spacial score (nSPS) is 18.5. The molecule has 1 rings (SSSR count). The zero-order valence-electron chi connectivity index (χ0n) is 9.19. The minimum absolute atomic E-state index is 0.0501. The summed E-state index contributed by atoms with van der Waals surface area (Å²) in [5, 5.41) is 12.3. The van der Waals surface area contributed by atoms with E-state index < -0.39 is 12.1 Å². The molecule has 1 unspecified atom stereocenters. The molecule has 5 nitrogen and oxygen atoms in total. The number of carbonyl (C=O) groups is 2. The smallest absolute Gasteiger partial charge is 0.324 e. The molecule has 0 saturated carbocycles. The molecule has 3 amide bonds. The van der Waals surface area contributed by atoms with E-state index >= 15 is 0 Å². The van der Waals surface area contributed by atoms with E-state index in [0.717, 1.165) is 17.7 Å². The van der Waals surface area contributed by atoms with Crippen LogP contribution in [0.5, 0.6) is 0 Å². The van der Waals surface area contributed by atoms with Crippen LogP contribution in [0, 0.1) is 5.92 Å². The zero-order chi connectivity index (χ0) is 11.4. The molecule has 0 radical (unpaired) electrons. The van der Waals surface area contributed by atoms with Crippen molar-refractivity contribution in [2.24, 2.45) is 5.92 Å². The molecule has 0 aliphatic carbocycles. The fraction of sp³-hybridized carbons (Fsp3) is 0.800. The van der Waals surface area contributed by atoms with Gasteiger partial charge in [-0.1, -0.05) is 26.7 Å². The Morgan fingerprint density at radius 1 is 1.40 bits per heavy atom. The first-order valence-corrected chi connectivity index (χ1v) is 5.36. The average molecular weight is 214 g/mol. The molecule has 1 heterocycles. The third-order valence-electron chi connectivity index (χ3n) is 2.90. The summed E-state index contributed by atoms with van der Waals surface area (Å²) in [7, 11) is 0. The molecule has 1 atom stereocenters. The average Bonchev–Trinajstić information content (AvgIpc) is 2.51. The lowest BCUT2D eigenvalue weighted by Gasteiger charge is -2.23. The van der Waals surface area contributed by atoms with E-state index in [1.54, 1.807) is 0 Å². The van der Waals surface area contributed by atoms with Crippen LogP contribution >= 0.6 is 0 Å². The van der Waals surface area contributed by atoms with Crippen molar-refractivity contribution in [1.82, 2.24) is 10.2 Å². The number of nitrogens with one attached hydrogen (secondary N) is 1. The van der Waals surface area contributed by atoms with Gasteiger partial charge in [-0.3, -0.25) is 9.69 Å². The van der Waals surface area contributed by atoms with Crippen LogP contribution in [0.15, 0.2) is 0 Å². The van der Waals surface area contributed by atoms with Crippen LogP contribution in [0.2, 0.25) is 0 Å². The molecular weight excluding hydrogens is 196 g/mol. The monoisotopic (exact) mass is 214 g/mol. The lowest BCUT2D eigenvalue weighted by molar-refractivity contribution is -0.126. The van der Waals surface area contributed by atoms with Crippen molar-refractivity contribution in [3.8, 4) is 0 Å². The van der Waals surface area contributed by atoms with Crippen LogP contribution in [0.3, 0.4) is 0 Å². The number of carbonyl (C=O) groups excluding carboxylic acids is 2. The van der Waals surface area contributed by atoms with Crippen LogP contribution < -0.4 is 5.32 Å². The molecule has 2 N–H and O–H groups in total. The molecule has 1 aliphatic heterocycles. The van der Waals surface area contributed by atoms with Gasteiger partial charge in [0.2, 0.25) is 5.91 Å². The Kier molecular flexibility index (Phi) is 4.08. The maximum Gasteiger partial charge on any atom is 0.324 e. The molecular formula is C10H18N2O3. The fourth-order valence-electron chi connectivity index (χ4n) is 1.81. The maximum absolute atomic E-state index is 11.3. The zero-order valence-corrected chi connectivity index (χ0v) is 9.19. The Balaban J connectivity index is 2.53. The predicted octanol–water partition coefficient (Wildman–Crippen LogP) is 0.335. The van der Waals surface area contributed by atoms with Crippen molar-refractivity contribution in [3.63, 3.8) is 0 Å². The van der Waals surface area contributed by atoms with Crippen molar-refractivity contribution >= 4 is 11.9 Å². The molecule has 86 valence electrons. The van der Waals surface area contributed by atoms with Gasteiger partial charge in [0.25, 0.3) is 0 Å². The van der Waals surface area contributed by atoms with Gasteiger partial charge in [-0.15, -0.1) is 0 Å². The molecule has 0 aromatic heterocycles. The van der Waals surface area contributed by atoms with Gasteiger partial charge in [-0.05, 0) is 5.92 Å². The number of hydrogen-bond donors (Lipinski definition) is 2. The Morgan fingerprint density at radius 2 is 2.00 bits per heavy atom. The lowest BCUT2D eigenvalue weighted by atomic mass is 9.96. The highest BCUT2D eigenvalue weighted by Gasteiger charge is 2.31. The van der Waals surface area contributed by atoms with Crippen LogP contribution in [0.4, 0.5) is 4.79 Å². The second-order valence-electron chi connectivity index (χ2n) is 3.81. The Morgan fingerprint density at radius 3 is 2.40 bits per heavy atom. The van der Waals surface area contributed by atoms with Gasteiger partial charge in [-0.2, -0.15) is 0 Å². The van der Waals surface area contributed by atoms with E-state index in [9.17, 15) is 14.7 Å². The predicted molar refractivity (Wildman–Crippen MR) is 55.2 cm³/mol. The second kappa shape index (κ2) is 5.11. The van der Waals surface area contributed by atoms with E-state index in [1.165, 1.54) is 0 Å². The van der Waals surface area contributed by atoms with E-state index in [4.69, 9.17) is 0 Å². The van der Waals surface area contributed by atoms with Crippen LogP contribution in [-0.4, -0.2) is 41.1 Å². The van der Waals surface area contributed by atoms with Gasteiger partial charge in [0, 0.05) is 0 Å². The van der Waals surface area contributed by atoms with Crippen molar-refractivity contribution < 1.29 is 14.7 Å². The number of rotatable bonds is 5. The third kappa shape index (κ3) is 2.68. The highest BCUT2D eigenvalue weighted by atomic mass is 16.3. The Bertz CT molecular complexity index is 235. The number of nitrogens with zero attached hydrogens (tertiary/aromatic N) is 1. The van der Waals surface area contributed by atoms with Crippen molar-refractivity contribution in [3.05, 3.63) is 0 Å². The molecule has 5 heteroatoms. The van der Waals surface area contributed by atoms with Crippen LogP contribution in [0.1, 0.15) is 26.7 Å². The third-order valence-corrected chi connectivity index (χ3v) is 2.90. The first-order chi connectivity index (χ1) is 7.10. The summed E-state index contributed by atoms with van der Waals surface area (Å²) >= 11 is 0. The summed E-state index contributed by atoms with van der Waals surface area (Å²) in [4.78, 5) is 23.5. The van der Waals surface area contributed by atoms with E-state index in [-0.39, 0.29) is 24.9 Å². The number of aliphatic hydroxyl groups is 1. The number of imide groups is 1. The van der Waals surface area contributed by atoms with Crippen LogP contribution in [-0.2, 0) is 4.79 Å². The SMILES string of the molecule is CCC(CC)C(O)CN1C(=O)CNC1=O. The summed E-state index contributed by atoms with van der Waals surface area (Å²) in [5.41, 5.74) is 0. The van der Waals surface area contributed by atoms with Crippen molar-refractivity contribution in [2.75, 3.05) is 13.1 Å². The minimum Gasteiger partial charge on any atom is -0.391 e. The summed E-state index contributed by atoms with van der Waals surface area (Å²) < 4.78 is 0. The molecule has 15 heavy (non-hydrogen) atoms. The molecule has 0 spiro atoms. The molecule has 0 aromatic rings. The van der Waals surface area contributed by atoms with Gasteiger partial charge in [0.1, 0.15) is 0 Å². The second-order valence-corrected chi connectivity index (χ2v) is 3.81.